The molecule has 1 aliphatic heterocycles. The summed E-state index contributed by atoms with van der Waals surface area (Å²) in [7, 11) is -2.52. The molecule has 5 rings (SSSR count). The van der Waals surface area contributed by atoms with Crippen LogP contribution in [0.1, 0.15) is 5.56 Å². The van der Waals surface area contributed by atoms with Gasteiger partial charge in [0.2, 0.25) is 0 Å². The standard InChI is InChI=1S/C24H23ClN3O5P/c1-15-2-7-18(12-23(15)33-34(29)30)32-24-26-21-13-19(20(25)14-22(21)27-24)16-3-5-17(6-4-16)28-8-10-31-11-9-28/h2-7,12-14,29-30H,8-11H2,1H3,(H,26,27). The van der Waals surface area contributed by atoms with Gasteiger partial charge in [0.1, 0.15) is 11.5 Å². The Morgan fingerprint density at radius 1 is 1.06 bits per heavy atom. The maximum atomic E-state index is 9.15. The predicted molar refractivity (Wildman–Crippen MR) is 133 cm³/mol. The van der Waals surface area contributed by atoms with Gasteiger partial charge >= 0.3 is 8.60 Å². The summed E-state index contributed by atoms with van der Waals surface area (Å²) in [4.78, 5) is 28.3. The molecule has 0 amide bonds. The molecule has 1 aromatic heterocycles. The van der Waals surface area contributed by atoms with Crippen LogP contribution in [0.2, 0.25) is 5.02 Å². The number of H-pyrrole nitrogens is 1. The number of halogens is 1. The van der Waals surface area contributed by atoms with Crippen molar-refractivity contribution in [3.05, 3.63) is 65.2 Å². The topological polar surface area (TPSA) is 100 Å². The number of aromatic amines is 1. The Kier molecular flexibility index (Phi) is 6.59. The summed E-state index contributed by atoms with van der Waals surface area (Å²) >= 11 is 6.60. The van der Waals surface area contributed by atoms with Gasteiger partial charge < -0.3 is 33.7 Å². The number of morpholine rings is 1. The van der Waals surface area contributed by atoms with Crippen LogP contribution in [0.3, 0.4) is 0 Å². The highest BCUT2D eigenvalue weighted by Crippen LogP contribution is 2.36. The molecule has 10 heteroatoms. The monoisotopic (exact) mass is 499 g/mol. The number of ether oxygens (including phenoxy) is 2. The van der Waals surface area contributed by atoms with E-state index in [1.54, 1.807) is 25.1 Å². The number of anilines is 1. The van der Waals surface area contributed by atoms with Gasteiger partial charge in [-0.05, 0) is 48.4 Å². The minimum absolute atomic E-state index is 0.288. The third kappa shape index (κ3) is 4.97. The lowest BCUT2D eigenvalue weighted by molar-refractivity contribution is 0.122. The fourth-order valence-corrected chi connectivity index (χ4v) is 4.54. The van der Waals surface area contributed by atoms with Crippen molar-refractivity contribution in [2.24, 2.45) is 0 Å². The molecule has 1 aliphatic rings. The van der Waals surface area contributed by atoms with Crippen LogP contribution in [0.15, 0.2) is 54.6 Å². The predicted octanol–water partition coefficient (Wildman–Crippen LogP) is 5.41. The molecule has 2 heterocycles. The highest BCUT2D eigenvalue weighted by molar-refractivity contribution is 7.39. The van der Waals surface area contributed by atoms with Crippen LogP contribution in [0.4, 0.5) is 5.69 Å². The number of hydrogen-bond donors (Lipinski definition) is 3. The lowest BCUT2D eigenvalue weighted by Gasteiger charge is -2.29. The van der Waals surface area contributed by atoms with Crippen LogP contribution in [-0.2, 0) is 4.74 Å². The van der Waals surface area contributed by atoms with Crippen LogP contribution in [0, 0.1) is 6.92 Å². The number of aryl methyl sites for hydroxylation is 1. The van der Waals surface area contributed by atoms with Gasteiger partial charge in [0.05, 0.1) is 29.3 Å². The molecule has 8 nitrogen and oxygen atoms in total. The zero-order valence-corrected chi connectivity index (χ0v) is 20.0. The van der Waals surface area contributed by atoms with Gasteiger partial charge in [-0.2, -0.15) is 4.98 Å². The van der Waals surface area contributed by atoms with Crippen molar-refractivity contribution in [1.29, 1.82) is 0 Å². The van der Waals surface area contributed by atoms with E-state index in [0.29, 0.717) is 22.0 Å². The lowest BCUT2D eigenvalue weighted by atomic mass is 10.0. The number of nitrogens with zero attached hydrogens (tertiary/aromatic N) is 2. The molecule has 0 spiro atoms. The first-order valence-corrected chi connectivity index (χ1v) is 12.3. The second-order valence-electron chi connectivity index (χ2n) is 7.91. The fraction of sp³-hybridized carbons (Fsp3) is 0.208. The third-order valence-electron chi connectivity index (χ3n) is 5.66. The number of aromatic nitrogens is 2. The van der Waals surface area contributed by atoms with E-state index in [4.69, 9.17) is 35.4 Å². The first-order valence-electron chi connectivity index (χ1n) is 10.7. The summed E-state index contributed by atoms with van der Waals surface area (Å²) in [5.74, 6) is 0.775. The number of imidazole rings is 1. The number of fused-ring (bicyclic) bond motifs is 1. The molecule has 0 unspecified atom stereocenters. The normalized spacial score (nSPS) is 14.1. The highest BCUT2D eigenvalue weighted by Gasteiger charge is 2.14. The number of nitrogens with one attached hydrogen (secondary N) is 1. The van der Waals surface area contributed by atoms with Gasteiger partial charge in [0.15, 0.2) is 0 Å². The molecule has 0 aliphatic carbocycles. The Labute approximate surface area is 202 Å². The van der Waals surface area contributed by atoms with E-state index in [1.165, 1.54) is 0 Å². The summed E-state index contributed by atoms with van der Waals surface area (Å²) < 4.78 is 16.3. The molecular formula is C24H23ClN3O5P. The quantitative estimate of drug-likeness (QED) is 0.305. The van der Waals surface area contributed by atoms with Gasteiger partial charge in [-0.3, -0.25) is 0 Å². The zero-order valence-electron chi connectivity index (χ0n) is 18.4. The molecule has 34 heavy (non-hydrogen) atoms. The molecule has 3 aromatic carbocycles. The summed E-state index contributed by atoms with van der Waals surface area (Å²) in [6, 6.07) is 17.5. The largest absolute Gasteiger partial charge is 0.427 e. The second kappa shape index (κ2) is 9.78. The first kappa shape index (κ1) is 22.9. The highest BCUT2D eigenvalue weighted by atomic mass is 35.5. The van der Waals surface area contributed by atoms with Crippen LogP contribution in [0.25, 0.3) is 22.2 Å². The third-order valence-corrected chi connectivity index (χ3v) is 6.33. The second-order valence-corrected chi connectivity index (χ2v) is 9.01. The van der Waals surface area contributed by atoms with Gasteiger partial charge in [0.25, 0.3) is 6.01 Å². The minimum atomic E-state index is -2.52. The molecule has 1 fully saturated rings. The zero-order chi connectivity index (χ0) is 23.7. The van der Waals surface area contributed by atoms with Gasteiger partial charge in [-0.1, -0.05) is 29.8 Å². The van der Waals surface area contributed by atoms with Gasteiger partial charge in [0, 0.05) is 30.4 Å². The average molecular weight is 500 g/mol. The first-order chi connectivity index (χ1) is 16.5. The van der Waals surface area contributed by atoms with Crippen molar-refractivity contribution in [3.8, 4) is 28.6 Å². The number of rotatable bonds is 6. The van der Waals surface area contributed by atoms with Crippen LogP contribution >= 0.6 is 20.2 Å². The molecule has 0 bridgehead atoms. The summed E-state index contributed by atoms with van der Waals surface area (Å²) in [5, 5.41) is 0.604. The van der Waals surface area contributed by atoms with Crippen molar-refractivity contribution in [2.75, 3.05) is 31.2 Å². The smallest absolute Gasteiger partial charge is 0.391 e. The Balaban J connectivity index is 1.39. The maximum absolute atomic E-state index is 9.15. The SMILES string of the molecule is Cc1ccc(Oc2nc3cc(-c4ccc(N5CCOCC5)cc4)c(Cl)cc3[nH]2)cc1OP(O)O. The molecule has 176 valence electrons. The van der Waals surface area contributed by atoms with Gasteiger partial charge in [-0.15, -0.1) is 0 Å². The van der Waals surface area contributed by atoms with E-state index in [1.807, 2.05) is 12.1 Å². The van der Waals surface area contributed by atoms with Crippen molar-refractivity contribution in [3.63, 3.8) is 0 Å². The van der Waals surface area contributed by atoms with E-state index in [0.717, 1.165) is 54.2 Å². The minimum Gasteiger partial charge on any atom is -0.427 e. The lowest BCUT2D eigenvalue weighted by Crippen LogP contribution is -2.36. The summed E-state index contributed by atoms with van der Waals surface area (Å²) in [6.45, 7) is 5.07. The van der Waals surface area contributed by atoms with Gasteiger partial charge in [-0.25, -0.2) is 0 Å². The Bertz CT molecular complexity index is 1310. The molecule has 0 saturated carbocycles. The van der Waals surface area contributed by atoms with E-state index in [-0.39, 0.29) is 6.01 Å². The molecule has 1 saturated heterocycles. The van der Waals surface area contributed by atoms with E-state index in [2.05, 4.69) is 39.1 Å². The average Bonchev–Trinajstić information content (AvgIpc) is 3.22. The van der Waals surface area contributed by atoms with Crippen LogP contribution in [0.5, 0.6) is 17.5 Å². The molecule has 4 aromatic rings. The molecular weight excluding hydrogens is 477 g/mol. The Morgan fingerprint density at radius 3 is 2.56 bits per heavy atom. The number of hydrogen-bond acceptors (Lipinski definition) is 7. The fourth-order valence-electron chi connectivity index (χ4n) is 3.89. The van der Waals surface area contributed by atoms with Crippen molar-refractivity contribution in [1.82, 2.24) is 9.97 Å². The summed E-state index contributed by atoms with van der Waals surface area (Å²) in [6.07, 6.45) is 0. The number of benzene rings is 3. The van der Waals surface area contributed by atoms with E-state index < -0.39 is 8.60 Å². The maximum Gasteiger partial charge on any atom is 0.391 e. The van der Waals surface area contributed by atoms with Crippen molar-refractivity contribution < 1.29 is 23.8 Å². The van der Waals surface area contributed by atoms with Crippen molar-refractivity contribution in [2.45, 2.75) is 6.92 Å². The van der Waals surface area contributed by atoms with Crippen LogP contribution in [-0.4, -0.2) is 46.1 Å². The molecule has 3 N–H and O–H groups in total. The Hall–Kier alpha value is -2.87. The van der Waals surface area contributed by atoms with E-state index in [9.17, 15) is 0 Å². The Morgan fingerprint density at radius 2 is 1.82 bits per heavy atom. The molecule has 0 radical (unpaired) electrons. The molecule has 0 atom stereocenters. The van der Waals surface area contributed by atoms with Crippen molar-refractivity contribution >= 4 is 36.9 Å². The van der Waals surface area contributed by atoms with Crippen LogP contribution < -0.4 is 14.2 Å². The van der Waals surface area contributed by atoms with E-state index >= 15 is 0 Å². The summed E-state index contributed by atoms with van der Waals surface area (Å²) in [5.41, 5.74) is 5.25.